The van der Waals surface area contributed by atoms with Crippen molar-refractivity contribution < 1.29 is 27.1 Å². The Morgan fingerprint density at radius 3 is 2.38 bits per heavy atom. The molecule has 180 valence electrons. The summed E-state index contributed by atoms with van der Waals surface area (Å²) in [6, 6.07) is 9.79. The van der Waals surface area contributed by atoms with Gasteiger partial charge in [-0.15, -0.1) is 6.42 Å². The number of hydrogen-bond acceptors (Lipinski definition) is 6. The minimum Gasteiger partial charge on any atom is -0.383 e. The molecule has 0 unspecified atom stereocenters. The maximum atomic E-state index is 13.6. The van der Waals surface area contributed by atoms with Crippen LogP contribution in [0, 0.1) is 18.2 Å². The molecule has 0 fully saturated rings. The van der Waals surface area contributed by atoms with Crippen LogP contribution in [-0.4, -0.2) is 63.7 Å². The number of terminal acetylenes is 1. The molecule has 0 aliphatic heterocycles. The molecule has 0 radical (unpaired) electrons. The van der Waals surface area contributed by atoms with Crippen LogP contribution in [0.4, 0.5) is 4.39 Å². The van der Waals surface area contributed by atoms with Crippen molar-refractivity contribution >= 4 is 37.5 Å². The first-order chi connectivity index (χ1) is 16.3. The summed E-state index contributed by atoms with van der Waals surface area (Å²) in [6.45, 7) is 0.956. The number of carbonyl (C=O) groups excluding carboxylic acids is 1. The van der Waals surface area contributed by atoms with E-state index in [1.165, 1.54) is 54.9 Å². The van der Waals surface area contributed by atoms with Crippen molar-refractivity contribution in [3.8, 4) is 12.3 Å². The largest absolute Gasteiger partial charge is 0.383 e. The van der Waals surface area contributed by atoms with E-state index in [0.29, 0.717) is 15.0 Å². The molecule has 0 atom stereocenters. The minimum atomic E-state index is -3.81. The zero-order valence-corrected chi connectivity index (χ0v) is 20.4. The van der Waals surface area contributed by atoms with Crippen molar-refractivity contribution in [1.82, 2.24) is 8.87 Å². The van der Waals surface area contributed by atoms with Gasteiger partial charge in [0.15, 0.2) is 4.80 Å². The molecule has 0 bridgehead atoms. The number of hydrogen-bond donors (Lipinski definition) is 0. The molecule has 1 aromatic heterocycles. The second-order valence-corrected chi connectivity index (χ2v) is 10.1. The zero-order valence-electron chi connectivity index (χ0n) is 18.7. The van der Waals surface area contributed by atoms with Gasteiger partial charge in [-0.1, -0.05) is 17.3 Å². The van der Waals surface area contributed by atoms with Crippen LogP contribution in [0.5, 0.6) is 0 Å². The third kappa shape index (κ3) is 5.78. The second-order valence-electron chi connectivity index (χ2n) is 7.12. The second kappa shape index (κ2) is 11.5. The van der Waals surface area contributed by atoms with Crippen molar-refractivity contribution in [2.45, 2.75) is 11.4 Å². The predicted molar refractivity (Wildman–Crippen MR) is 127 cm³/mol. The fraction of sp³-hybridized carbons (Fsp3) is 0.304. The number of sulfonamides is 1. The molecule has 8 nitrogen and oxygen atoms in total. The molecule has 0 aliphatic rings. The Kier molecular flexibility index (Phi) is 8.71. The molecule has 0 saturated heterocycles. The van der Waals surface area contributed by atoms with Gasteiger partial charge in [0, 0.05) is 32.9 Å². The lowest BCUT2D eigenvalue weighted by Gasteiger charge is -2.21. The van der Waals surface area contributed by atoms with Crippen molar-refractivity contribution in [1.29, 1.82) is 0 Å². The summed E-state index contributed by atoms with van der Waals surface area (Å²) in [5.74, 6) is 1.54. The quantitative estimate of drug-likeness (QED) is 0.395. The predicted octanol–water partition coefficient (Wildman–Crippen LogP) is 2.50. The fourth-order valence-electron chi connectivity index (χ4n) is 3.18. The number of halogens is 1. The van der Waals surface area contributed by atoms with Crippen LogP contribution >= 0.6 is 11.3 Å². The molecular weight excluding hydrogens is 481 g/mol. The first-order valence-corrected chi connectivity index (χ1v) is 12.5. The molecular formula is C23H24FN3O5S2. The number of carbonyl (C=O) groups is 1. The van der Waals surface area contributed by atoms with E-state index in [0.717, 1.165) is 11.3 Å². The van der Waals surface area contributed by atoms with E-state index in [1.807, 2.05) is 0 Å². The first-order valence-electron chi connectivity index (χ1n) is 10.2. The topological polar surface area (TPSA) is 90.2 Å². The maximum Gasteiger partial charge on any atom is 0.279 e. The van der Waals surface area contributed by atoms with Gasteiger partial charge in [0.25, 0.3) is 5.91 Å². The lowest BCUT2D eigenvalue weighted by atomic mass is 10.2. The van der Waals surface area contributed by atoms with Crippen LogP contribution in [0.1, 0.15) is 10.4 Å². The highest BCUT2D eigenvalue weighted by Gasteiger charge is 2.24. The fourth-order valence-corrected chi connectivity index (χ4v) is 5.65. The molecule has 0 spiro atoms. The van der Waals surface area contributed by atoms with Crippen molar-refractivity contribution in [3.05, 3.63) is 58.6 Å². The summed E-state index contributed by atoms with van der Waals surface area (Å²) in [6.07, 6.45) is 5.45. The average molecular weight is 506 g/mol. The van der Waals surface area contributed by atoms with Crippen LogP contribution in [0.15, 0.2) is 52.4 Å². The van der Waals surface area contributed by atoms with Crippen LogP contribution in [-0.2, 0) is 26.0 Å². The van der Waals surface area contributed by atoms with E-state index in [4.69, 9.17) is 15.9 Å². The van der Waals surface area contributed by atoms with Crippen molar-refractivity contribution in [2.75, 3.05) is 40.5 Å². The van der Waals surface area contributed by atoms with E-state index in [-0.39, 0.29) is 43.3 Å². The summed E-state index contributed by atoms with van der Waals surface area (Å²) >= 11 is 1.14. The van der Waals surface area contributed by atoms with E-state index in [9.17, 15) is 17.6 Å². The Morgan fingerprint density at radius 2 is 1.79 bits per heavy atom. The maximum absolute atomic E-state index is 13.6. The minimum absolute atomic E-state index is 0.0380. The summed E-state index contributed by atoms with van der Waals surface area (Å²) in [5, 5.41) is 0. The number of amides is 1. The Bertz CT molecular complexity index is 1360. The highest BCUT2D eigenvalue weighted by Crippen LogP contribution is 2.20. The summed E-state index contributed by atoms with van der Waals surface area (Å²) < 4.78 is 53.2. The van der Waals surface area contributed by atoms with Gasteiger partial charge >= 0.3 is 0 Å². The lowest BCUT2D eigenvalue weighted by molar-refractivity contribution is 0.0998. The zero-order chi connectivity index (χ0) is 24.7. The molecule has 1 amide bonds. The highest BCUT2D eigenvalue weighted by molar-refractivity contribution is 7.89. The van der Waals surface area contributed by atoms with Crippen LogP contribution in [0.25, 0.3) is 10.2 Å². The Balaban J connectivity index is 1.91. The van der Waals surface area contributed by atoms with Gasteiger partial charge in [-0.25, -0.2) is 12.8 Å². The molecule has 2 aromatic carbocycles. The Morgan fingerprint density at radius 1 is 1.15 bits per heavy atom. The van der Waals surface area contributed by atoms with Gasteiger partial charge in [0.1, 0.15) is 5.82 Å². The SMILES string of the molecule is C#CCn1c(=NC(=O)c2ccc(S(=O)(=O)N(CCOC)CCOC)cc2)sc2cc(F)ccc21. The van der Waals surface area contributed by atoms with E-state index >= 15 is 0 Å². The average Bonchev–Trinajstić information content (AvgIpc) is 3.15. The summed E-state index contributed by atoms with van der Waals surface area (Å²) in [5.41, 5.74) is 0.875. The molecule has 3 aromatic rings. The van der Waals surface area contributed by atoms with Gasteiger partial charge in [-0.2, -0.15) is 9.30 Å². The van der Waals surface area contributed by atoms with Crippen molar-refractivity contribution in [3.63, 3.8) is 0 Å². The summed E-state index contributed by atoms with van der Waals surface area (Å²) in [7, 11) is -0.828. The van der Waals surface area contributed by atoms with Gasteiger partial charge < -0.3 is 14.0 Å². The molecule has 34 heavy (non-hydrogen) atoms. The number of nitrogens with zero attached hydrogens (tertiary/aromatic N) is 3. The van der Waals surface area contributed by atoms with Gasteiger partial charge in [-0.05, 0) is 42.5 Å². The van der Waals surface area contributed by atoms with Gasteiger partial charge in [-0.3, -0.25) is 4.79 Å². The number of aromatic nitrogens is 1. The van der Waals surface area contributed by atoms with Gasteiger partial charge in [0.2, 0.25) is 10.0 Å². The highest BCUT2D eigenvalue weighted by atomic mass is 32.2. The molecule has 0 saturated carbocycles. The van der Waals surface area contributed by atoms with E-state index in [2.05, 4.69) is 10.9 Å². The van der Waals surface area contributed by atoms with Gasteiger partial charge in [0.05, 0.1) is 34.9 Å². The number of methoxy groups -OCH3 is 2. The molecule has 11 heteroatoms. The molecule has 0 N–H and O–H groups in total. The van der Waals surface area contributed by atoms with Crippen LogP contribution in [0.3, 0.4) is 0 Å². The monoisotopic (exact) mass is 505 g/mol. The molecule has 1 heterocycles. The third-order valence-electron chi connectivity index (χ3n) is 4.92. The number of thiazole rings is 1. The lowest BCUT2D eigenvalue weighted by Crippen LogP contribution is -2.36. The van der Waals surface area contributed by atoms with E-state index < -0.39 is 21.7 Å². The number of fused-ring (bicyclic) bond motifs is 1. The van der Waals surface area contributed by atoms with Crippen LogP contribution in [0.2, 0.25) is 0 Å². The summed E-state index contributed by atoms with van der Waals surface area (Å²) in [4.78, 5) is 17.3. The third-order valence-corrected chi connectivity index (χ3v) is 7.87. The Hall–Kier alpha value is -2.88. The van der Waals surface area contributed by atoms with Crippen LogP contribution < -0.4 is 4.80 Å². The Labute approximate surface area is 201 Å². The standard InChI is InChI=1S/C23H24FN3O5S2/c1-4-11-27-20-10-7-18(24)16-21(20)33-23(27)25-22(28)17-5-8-19(9-6-17)34(29,30)26(12-14-31-2)13-15-32-3/h1,5-10,16H,11-15H2,2-3H3. The molecule has 0 aliphatic carbocycles. The first kappa shape index (κ1) is 25.7. The van der Waals surface area contributed by atoms with Crippen molar-refractivity contribution in [2.24, 2.45) is 4.99 Å². The normalized spacial score (nSPS) is 12.4. The van der Waals surface area contributed by atoms with E-state index in [1.54, 1.807) is 10.6 Å². The smallest absolute Gasteiger partial charge is 0.279 e. The number of rotatable bonds is 10. The number of ether oxygens (including phenoxy) is 2. The molecule has 3 rings (SSSR count). The number of benzene rings is 2.